The highest BCUT2D eigenvalue weighted by molar-refractivity contribution is 5.86. The van der Waals surface area contributed by atoms with Crippen LogP contribution in [-0.2, 0) is 11.3 Å². The van der Waals surface area contributed by atoms with Gasteiger partial charge in [-0.1, -0.05) is 42.5 Å². The van der Waals surface area contributed by atoms with E-state index in [0.29, 0.717) is 30.3 Å². The molecule has 2 atom stereocenters. The van der Waals surface area contributed by atoms with Gasteiger partial charge in [-0.05, 0) is 75.4 Å². The van der Waals surface area contributed by atoms with Crippen LogP contribution in [0, 0.1) is 11.3 Å². The van der Waals surface area contributed by atoms with E-state index in [4.69, 9.17) is 4.74 Å². The molecule has 1 unspecified atom stereocenters. The van der Waals surface area contributed by atoms with Crippen molar-refractivity contribution in [3.63, 3.8) is 0 Å². The number of nitrogens with zero attached hydrogens (tertiary/aromatic N) is 3. The van der Waals surface area contributed by atoms with Crippen molar-refractivity contribution in [1.29, 1.82) is 0 Å². The third kappa shape index (κ3) is 6.44. The summed E-state index contributed by atoms with van der Waals surface area (Å²) in [5.74, 6) is 2.49. The highest BCUT2D eigenvalue weighted by Crippen LogP contribution is 2.43. The van der Waals surface area contributed by atoms with Gasteiger partial charge in [-0.2, -0.15) is 0 Å². The fourth-order valence-electron chi connectivity index (χ4n) is 6.54. The van der Waals surface area contributed by atoms with Gasteiger partial charge in [0, 0.05) is 44.7 Å². The Bertz CT molecular complexity index is 994. The molecule has 1 spiro atoms. The molecule has 0 N–H and O–H groups in total. The van der Waals surface area contributed by atoms with Crippen molar-refractivity contribution < 1.29 is 9.53 Å². The largest absolute Gasteiger partial charge is 0.497 e. The Morgan fingerprint density at radius 1 is 0.919 bits per heavy atom. The summed E-state index contributed by atoms with van der Waals surface area (Å²) in [6.45, 7) is 11.8. The van der Waals surface area contributed by atoms with E-state index >= 15 is 0 Å². The molecule has 2 aromatic carbocycles. The van der Waals surface area contributed by atoms with Gasteiger partial charge in [0.1, 0.15) is 5.75 Å². The number of rotatable bonds is 7. The molecule has 204 valence electrons. The Hall–Kier alpha value is -1.79. The second-order valence-corrected chi connectivity index (χ2v) is 11.2. The highest BCUT2D eigenvalue weighted by atomic mass is 35.5. The van der Waals surface area contributed by atoms with E-state index in [0.717, 1.165) is 57.7 Å². The fourth-order valence-corrected chi connectivity index (χ4v) is 6.54. The summed E-state index contributed by atoms with van der Waals surface area (Å²) in [7, 11) is 1.68. The van der Waals surface area contributed by atoms with E-state index < -0.39 is 0 Å². The first-order valence-electron chi connectivity index (χ1n) is 13.4. The van der Waals surface area contributed by atoms with Gasteiger partial charge in [0.05, 0.1) is 12.5 Å². The molecule has 3 aliphatic rings. The first-order valence-corrected chi connectivity index (χ1v) is 13.4. The van der Waals surface area contributed by atoms with Gasteiger partial charge in [-0.15, -0.1) is 24.8 Å². The summed E-state index contributed by atoms with van der Waals surface area (Å²) in [6, 6.07) is 19.8. The van der Waals surface area contributed by atoms with E-state index in [9.17, 15) is 4.79 Å². The predicted molar refractivity (Wildman–Crippen MR) is 155 cm³/mol. The molecule has 37 heavy (non-hydrogen) atoms. The molecule has 0 bridgehead atoms. The number of piperidine rings is 1. The van der Waals surface area contributed by atoms with Crippen molar-refractivity contribution in [3.8, 4) is 5.75 Å². The second-order valence-electron chi connectivity index (χ2n) is 11.2. The molecular formula is C30H43Cl2N3O2. The van der Waals surface area contributed by atoms with Crippen LogP contribution in [-0.4, -0.2) is 73.0 Å². The quantitative estimate of drug-likeness (QED) is 0.460. The zero-order chi connectivity index (χ0) is 24.4. The highest BCUT2D eigenvalue weighted by Gasteiger charge is 2.48. The van der Waals surface area contributed by atoms with E-state index in [1.165, 1.54) is 17.7 Å². The van der Waals surface area contributed by atoms with Crippen molar-refractivity contribution in [1.82, 2.24) is 14.7 Å². The van der Waals surface area contributed by atoms with Crippen LogP contribution in [0.3, 0.4) is 0 Å². The molecule has 0 aromatic heterocycles. The topological polar surface area (TPSA) is 36.0 Å². The summed E-state index contributed by atoms with van der Waals surface area (Å²) in [6.07, 6.45) is 3.01. The number of likely N-dealkylation sites (tertiary alicyclic amines) is 3. The number of methoxy groups -OCH3 is 1. The van der Waals surface area contributed by atoms with Crippen molar-refractivity contribution >= 4 is 30.7 Å². The average molecular weight is 549 g/mol. The Labute approximate surface area is 235 Å². The van der Waals surface area contributed by atoms with Crippen LogP contribution in [0.5, 0.6) is 5.75 Å². The van der Waals surface area contributed by atoms with Crippen molar-refractivity contribution in [2.75, 3.05) is 46.4 Å². The maximum absolute atomic E-state index is 13.5. The van der Waals surface area contributed by atoms with Crippen LogP contribution in [0.25, 0.3) is 0 Å². The smallest absolute Gasteiger partial charge is 0.229 e. The normalized spacial score (nSPS) is 23.8. The lowest BCUT2D eigenvalue weighted by Gasteiger charge is -2.39. The summed E-state index contributed by atoms with van der Waals surface area (Å²) in [5, 5.41) is 0. The number of ether oxygens (including phenoxy) is 1. The molecule has 3 aliphatic heterocycles. The van der Waals surface area contributed by atoms with Gasteiger partial charge in [0.25, 0.3) is 0 Å². The maximum atomic E-state index is 13.5. The lowest BCUT2D eigenvalue weighted by atomic mass is 9.76. The van der Waals surface area contributed by atoms with Gasteiger partial charge in [0.2, 0.25) is 5.91 Å². The molecule has 7 heteroatoms. The third-order valence-corrected chi connectivity index (χ3v) is 8.87. The van der Waals surface area contributed by atoms with Gasteiger partial charge in [-0.3, -0.25) is 9.69 Å². The Balaban J connectivity index is 0.00000190. The summed E-state index contributed by atoms with van der Waals surface area (Å²) in [5.41, 5.74) is 2.52. The van der Waals surface area contributed by atoms with Crippen LogP contribution in [0.1, 0.15) is 50.2 Å². The predicted octanol–water partition coefficient (Wildman–Crippen LogP) is 5.48. The molecule has 0 radical (unpaired) electrons. The SMILES string of the molecule is COc1ccc(CN2CCC3(CCN(C[C@H]4CN(C(C)C)CC4c4ccccc4)CC3)C2=O)cc1.Cl.Cl. The molecule has 1 amide bonds. The third-order valence-electron chi connectivity index (χ3n) is 8.87. The van der Waals surface area contributed by atoms with E-state index in [2.05, 4.69) is 71.0 Å². The number of hydrogen-bond donors (Lipinski definition) is 0. The number of hydrogen-bond acceptors (Lipinski definition) is 4. The Morgan fingerprint density at radius 2 is 1.57 bits per heavy atom. The van der Waals surface area contributed by atoms with Crippen LogP contribution in [0.2, 0.25) is 0 Å². The van der Waals surface area contributed by atoms with Gasteiger partial charge >= 0.3 is 0 Å². The Kier molecular flexibility index (Phi) is 10.3. The number of amides is 1. The van der Waals surface area contributed by atoms with Crippen molar-refractivity contribution in [2.45, 2.75) is 51.6 Å². The lowest BCUT2D eigenvalue weighted by molar-refractivity contribution is -0.139. The first kappa shape index (κ1) is 29.8. The molecular weight excluding hydrogens is 505 g/mol. The summed E-state index contributed by atoms with van der Waals surface area (Å²) < 4.78 is 5.27. The minimum Gasteiger partial charge on any atom is -0.497 e. The zero-order valence-corrected chi connectivity index (χ0v) is 24.1. The molecule has 3 fully saturated rings. The standard InChI is InChI=1S/C30H41N3O2.2ClH/c1-23(2)33-21-26(28(22-33)25-7-5-4-6-8-25)20-31-16-13-30(14-17-31)15-18-32(29(30)34)19-24-9-11-27(35-3)12-10-24;;/h4-12,23,26,28H,13-22H2,1-3H3;2*1H/t26-,28?;;/m0../s1. The van der Waals surface area contributed by atoms with E-state index in [1.807, 2.05) is 12.1 Å². The second kappa shape index (κ2) is 12.8. The minimum atomic E-state index is -0.137. The summed E-state index contributed by atoms with van der Waals surface area (Å²) in [4.78, 5) is 20.9. The number of halogens is 2. The zero-order valence-electron chi connectivity index (χ0n) is 22.5. The van der Waals surface area contributed by atoms with Crippen molar-refractivity contribution in [3.05, 3.63) is 65.7 Å². The van der Waals surface area contributed by atoms with E-state index in [1.54, 1.807) is 7.11 Å². The summed E-state index contributed by atoms with van der Waals surface area (Å²) >= 11 is 0. The molecule has 5 nitrogen and oxygen atoms in total. The van der Waals surface area contributed by atoms with Crippen LogP contribution in [0.4, 0.5) is 0 Å². The fraction of sp³-hybridized carbons (Fsp3) is 0.567. The van der Waals surface area contributed by atoms with Gasteiger partial charge in [0.15, 0.2) is 0 Å². The number of carbonyl (C=O) groups excluding carboxylic acids is 1. The first-order chi connectivity index (χ1) is 17.0. The van der Waals surface area contributed by atoms with Crippen molar-refractivity contribution in [2.24, 2.45) is 11.3 Å². The van der Waals surface area contributed by atoms with E-state index in [-0.39, 0.29) is 30.2 Å². The molecule has 2 aromatic rings. The van der Waals surface area contributed by atoms with Crippen LogP contribution in [0.15, 0.2) is 54.6 Å². The maximum Gasteiger partial charge on any atom is 0.229 e. The Morgan fingerprint density at radius 3 is 2.19 bits per heavy atom. The molecule has 0 saturated carbocycles. The number of carbonyl (C=O) groups is 1. The average Bonchev–Trinajstić information content (AvgIpc) is 3.44. The molecule has 3 saturated heterocycles. The molecule has 3 heterocycles. The molecule has 0 aliphatic carbocycles. The van der Waals surface area contributed by atoms with Crippen LogP contribution < -0.4 is 4.74 Å². The van der Waals surface area contributed by atoms with Gasteiger partial charge in [-0.25, -0.2) is 0 Å². The van der Waals surface area contributed by atoms with Crippen LogP contribution >= 0.6 is 24.8 Å². The minimum absolute atomic E-state index is 0. The molecule has 5 rings (SSSR count). The van der Waals surface area contributed by atoms with Gasteiger partial charge < -0.3 is 14.5 Å². The monoisotopic (exact) mass is 547 g/mol. The lowest BCUT2D eigenvalue weighted by Crippen LogP contribution is -2.46. The number of benzene rings is 2.